The van der Waals surface area contributed by atoms with Crippen molar-refractivity contribution in [1.82, 2.24) is 0 Å². The van der Waals surface area contributed by atoms with Crippen LogP contribution in [-0.2, 0) is 11.2 Å². The van der Waals surface area contributed by atoms with Gasteiger partial charge in [0.15, 0.2) is 0 Å². The molecule has 1 fully saturated rings. The number of fused-ring (bicyclic) bond motifs is 1. The van der Waals surface area contributed by atoms with Crippen LogP contribution in [0, 0.1) is 0 Å². The van der Waals surface area contributed by atoms with Gasteiger partial charge in [0.1, 0.15) is 0 Å². The minimum absolute atomic E-state index is 0.195. The summed E-state index contributed by atoms with van der Waals surface area (Å²) in [5, 5.41) is 9.35. The lowest BCUT2D eigenvalue weighted by atomic mass is 10.1. The number of carbonyl (C=O) groups is 2. The molecule has 0 spiro atoms. The number of hydrogen-bond acceptors (Lipinski definition) is 6. The Balaban J connectivity index is 2.15. The molecule has 0 radical (unpaired) electrons. The first kappa shape index (κ1) is 16.9. The molecule has 0 aliphatic carbocycles. The molecular weight excluding hydrogens is 336 g/mol. The molecule has 2 aliphatic rings. The van der Waals surface area contributed by atoms with Crippen LogP contribution in [0.25, 0.3) is 0 Å². The highest BCUT2D eigenvalue weighted by Crippen LogP contribution is 2.52. The van der Waals surface area contributed by atoms with Crippen LogP contribution in [0.3, 0.4) is 0 Å². The van der Waals surface area contributed by atoms with Crippen molar-refractivity contribution in [3.8, 4) is 0 Å². The molecule has 3 N–H and O–H groups in total. The largest absolute Gasteiger partial charge is 0.465 e. The van der Waals surface area contributed by atoms with Gasteiger partial charge < -0.3 is 9.84 Å². The third kappa shape index (κ3) is 2.79. The first-order valence-electron chi connectivity index (χ1n) is 7.64. The van der Waals surface area contributed by atoms with E-state index in [9.17, 15) is 23.8 Å². The molecule has 1 aromatic rings. The van der Waals surface area contributed by atoms with Crippen molar-refractivity contribution in [2.45, 2.75) is 19.3 Å². The molecule has 0 saturated carbocycles. The van der Waals surface area contributed by atoms with Gasteiger partial charge in [0.2, 0.25) is 0 Å². The summed E-state index contributed by atoms with van der Waals surface area (Å²) in [6, 6.07) is 3.05. The predicted octanol–water partition coefficient (Wildman–Crippen LogP) is 2.78. The molecule has 24 heavy (non-hydrogen) atoms. The highest BCUT2D eigenvalue weighted by molar-refractivity contribution is 8.25. The maximum absolute atomic E-state index is 12.0. The second kappa shape index (κ2) is 6.15. The third-order valence-electron chi connectivity index (χ3n) is 4.38. The number of anilines is 2. The second-order valence-corrected chi connectivity index (χ2v) is 7.93. The summed E-state index contributed by atoms with van der Waals surface area (Å²) in [5.41, 5.74) is 1.82. The Morgan fingerprint density at radius 1 is 1.17 bits per heavy atom. The maximum Gasteiger partial charge on any atom is 0.411 e. The zero-order valence-corrected chi connectivity index (χ0v) is 14.1. The monoisotopic (exact) mass is 356 g/mol. The van der Waals surface area contributed by atoms with Crippen LogP contribution >= 0.6 is 10.8 Å². The molecule has 0 bridgehead atoms. The zero-order valence-electron chi connectivity index (χ0n) is 13.3. The molecule has 1 aromatic carbocycles. The molecule has 2 aliphatic heterocycles. The fraction of sp³-hybridized carbons (Fsp3) is 0.467. The van der Waals surface area contributed by atoms with Crippen molar-refractivity contribution in [2.75, 3.05) is 35.2 Å². The number of methoxy groups -OCH3 is 1. The minimum Gasteiger partial charge on any atom is -0.465 e. The van der Waals surface area contributed by atoms with E-state index in [-0.39, 0.29) is 17.9 Å². The van der Waals surface area contributed by atoms with Crippen LogP contribution in [-0.4, -0.2) is 52.2 Å². The molecule has 1 saturated heterocycles. The van der Waals surface area contributed by atoms with Crippen molar-refractivity contribution in [3.05, 3.63) is 23.3 Å². The van der Waals surface area contributed by atoms with Crippen molar-refractivity contribution in [1.29, 1.82) is 0 Å². The molecule has 1 amide bonds. The Bertz CT molecular complexity index is 693. The first-order chi connectivity index (χ1) is 11.3. The highest BCUT2D eigenvalue weighted by Gasteiger charge is 2.34. The Kier molecular flexibility index (Phi) is 4.33. The topological polar surface area (TPSA) is 111 Å². The molecule has 132 valence electrons. The number of benzene rings is 1. The van der Waals surface area contributed by atoms with Gasteiger partial charge in [-0.25, -0.2) is 9.59 Å². The number of nitrogens with zero attached hydrogens (tertiary/aromatic N) is 2. The first-order valence-corrected chi connectivity index (χ1v) is 9.31. The fourth-order valence-corrected chi connectivity index (χ4v) is 4.94. The van der Waals surface area contributed by atoms with E-state index in [0.717, 1.165) is 12.8 Å². The molecule has 0 unspecified atom stereocenters. The predicted molar refractivity (Wildman–Crippen MR) is 91.2 cm³/mol. The van der Waals surface area contributed by atoms with E-state index >= 15 is 0 Å². The fourth-order valence-electron chi connectivity index (χ4n) is 3.23. The van der Waals surface area contributed by atoms with E-state index in [0.29, 0.717) is 29.9 Å². The van der Waals surface area contributed by atoms with Gasteiger partial charge in [-0.3, -0.25) is 18.3 Å². The molecule has 9 heteroatoms. The Morgan fingerprint density at radius 3 is 2.50 bits per heavy atom. The number of esters is 1. The molecule has 3 rings (SSSR count). The number of amides is 1. The van der Waals surface area contributed by atoms with Crippen LogP contribution in [0.4, 0.5) is 16.2 Å². The number of carbonyl (C=O) groups excluding carboxylic acids is 1. The number of carboxylic acid groups (broad SMARTS) is 1. The summed E-state index contributed by atoms with van der Waals surface area (Å²) in [4.78, 5) is 24.6. The Morgan fingerprint density at radius 2 is 1.88 bits per heavy atom. The van der Waals surface area contributed by atoms with Gasteiger partial charge in [-0.15, -0.1) is 10.8 Å². The van der Waals surface area contributed by atoms with Gasteiger partial charge in [-0.2, -0.15) is 0 Å². The quantitative estimate of drug-likeness (QED) is 0.699. The van der Waals surface area contributed by atoms with E-state index in [2.05, 4.69) is 0 Å². The van der Waals surface area contributed by atoms with Crippen molar-refractivity contribution >= 4 is 34.2 Å². The van der Waals surface area contributed by atoms with Crippen molar-refractivity contribution in [3.63, 3.8) is 0 Å². The molecule has 2 heterocycles. The van der Waals surface area contributed by atoms with Gasteiger partial charge in [0, 0.05) is 18.7 Å². The second-order valence-electron chi connectivity index (χ2n) is 5.81. The summed E-state index contributed by atoms with van der Waals surface area (Å²) in [6.07, 6.45) is 0.881. The summed E-state index contributed by atoms with van der Waals surface area (Å²) < 4.78 is 27.1. The normalized spacial score (nSPS) is 20.5. The summed E-state index contributed by atoms with van der Waals surface area (Å²) >= 11 is 0. The van der Waals surface area contributed by atoms with Gasteiger partial charge in [0.05, 0.1) is 29.8 Å². The van der Waals surface area contributed by atoms with Crippen molar-refractivity contribution < 1.29 is 28.5 Å². The van der Waals surface area contributed by atoms with Crippen molar-refractivity contribution in [2.24, 2.45) is 0 Å². The number of rotatable bonds is 2. The lowest BCUT2D eigenvalue weighted by molar-refractivity contribution is 0.0600. The van der Waals surface area contributed by atoms with Gasteiger partial charge in [-0.1, -0.05) is 0 Å². The minimum atomic E-state index is -2.97. The standard InChI is InChI=1S/C15H20N2O6S/c1-23-14(18)10-8-12-11(4-6-16(12)15(19)20)13(9-10)17-5-2-3-7-24(17,21)22/h8-9,21-22H,2-7H2,1H3,(H,19,20). The number of hydrogen-bond donors (Lipinski definition) is 3. The molecular formula is C15H20N2O6S. The van der Waals surface area contributed by atoms with Crippen LogP contribution in [0.1, 0.15) is 28.8 Å². The van der Waals surface area contributed by atoms with Crippen LogP contribution < -0.4 is 9.21 Å². The zero-order chi connectivity index (χ0) is 17.5. The molecule has 0 aromatic heterocycles. The van der Waals surface area contributed by atoms with Crippen LogP contribution in [0.15, 0.2) is 12.1 Å². The SMILES string of the molecule is COC(=O)c1cc2c(c(N3CCCCS3(O)O)c1)CCN2C(=O)O. The summed E-state index contributed by atoms with van der Waals surface area (Å²) in [5.74, 6) is -0.322. The van der Waals surface area contributed by atoms with Gasteiger partial charge in [-0.05, 0) is 31.4 Å². The number of ether oxygens (including phenoxy) is 1. The Labute approximate surface area is 141 Å². The van der Waals surface area contributed by atoms with Crippen LogP contribution in [0.2, 0.25) is 0 Å². The molecule has 0 atom stereocenters. The summed E-state index contributed by atoms with van der Waals surface area (Å²) in [7, 11) is -1.72. The smallest absolute Gasteiger partial charge is 0.411 e. The van der Waals surface area contributed by atoms with E-state index in [1.165, 1.54) is 22.4 Å². The third-order valence-corrected chi connectivity index (χ3v) is 6.30. The van der Waals surface area contributed by atoms with E-state index in [4.69, 9.17) is 4.74 Å². The lowest BCUT2D eigenvalue weighted by Crippen LogP contribution is -2.35. The van der Waals surface area contributed by atoms with E-state index < -0.39 is 22.8 Å². The van der Waals surface area contributed by atoms with Crippen LogP contribution in [0.5, 0.6) is 0 Å². The highest BCUT2D eigenvalue weighted by atomic mass is 32.3. The van der Waals surface area contributed by atoms with Gasteiger partial charge >= 0.3 is 12.1 Å². The Hall–Kier alpha value is -1.97. The maximum atomic E-state index is 12.0. The lowest BCUT2D eigenvalue weighted by Gasteiger charge is -2.48. The summed E-state index contributed by atoms with van der Waals surface area (Å²) in [6.45, 7) is 0.724. The molecule has 8 nitrogen and oxygen atoms in total. The average Bonchev–Trinajstić information content (AvgIpc) is 2.97. The van der Waals surface area contributed by atoms with E-state index in [1.54, 1.807) is 6.07 Å². The van der Waals surface area contributed by atoms with Gasteiger partial charge in [0.25, 0.3) is 0 Å². The average molecular weight is 356 g/mol. The van der Waals surface area contributed by atoms with E-state index in [1.807, 2.05) is 0 Å².